The first kappa shape index (κ1) is 23.3. The molecule has 8 heteroatoms. The Morgan fingerprint density at radius 2 is 1.60 bits per heavy atom. The van der Waals surface area contributed by atoms with Crippen LogP contribution in [0.2, 0.25) is 0 Å². The summed E-state index contributed by atoms with van der Waals surface area (Å²) in [6.45, 7) is 5.21. The lowest BCUT2D eigenvalue weighted by Gasteiger charge is -2.34. The Hall–Kier alpha value is -3.49. The van der Waals surface area contributed by atoms with E-state index >= 15 is 0 Å². The molecule has 4 aromatic rings. The Balaban J connectivity index is 1.27. The fourth-order valence-electron chi connectivity index (χ4n) is 4.73. The second-order valence-electron chi connectivity index (χ2n) is 9.43. The largest absolute Gasteiger partial charge is 0.338 e. The van der Waals surface area contributed by atoms with Gasteiger partial charge in [0.1, 0.15) is 5.82 Å². The van der Waals surface area contributed by atoms with Crippen LogP contribution in [0.4, 0.5) is 5.69 Å². The zero-order valence-electron chi connectivity index (χ0n) is 19.7. The number of benzene rings is 3. The van der Waals surface area contributed by atoms with E-state index in [1.54, 1.807) is 16.4 Å². The van der Waals surface area contributed by atoms with Crippen LogP contribution >= 0.6 is 0 Å². The maximum Gasteiger partial charge on any atom is 0.255 e. The Labute approximate surface area is 205 Å². The van der Waals surface area contributed by atoms with Crippen LogP contribution in [0.1, 0.15) is 30.6 Å². The fourth-order valence-corrected chi connectivity index (χ4v) is 6.41. The number of piperidine rings is 1. The third-order valence-corrected chi connectivity index (χ3v) is 8.24. The number of hydrogen-bond acceptors (Lipinski definition) is 4. The van der Waals surface area contributed by atoms with Gasteiger partial charge in [0.25, 0.3) is 5.91 Å². The molecule has 0 bridgehead atoms. The van der Waals surface area contributed by atoms with E-state index < -0.39 is 10.0 Å². The Bertz CT molecular complexity index is 1420. The Morgan fingerprint density at radius 1 is 0.943 bits per heavy atom. The number of fused-ring (bicyclic) bond motifs is 1. The first-order chi connectivity index (χ1) is 16.8. The summed E-state index contributed by atoms with van der Waals surface area (Å²) in [4.78, 5) is 20.8. The van der Waals surface area contributed by atoms with Crippen LogP contribution in [0, 0.1) is 11.8 Å². The van der Waals surface area contributed by atoms with Gasteiger partial charge >= 0.3 is 0 Å². The Kier molecular flexibility index (Phi) is 6.17. The van der Waals surface area contributed by atoms with Gasteiger partial charge in [0, 0.05) is 29.9 Å². The third kappa shape index (κ3) is 4.85. The normalized spacial score (nSPS) is 19.0. The van der Waals surface area contributed by atoms with Gasteiger partial charge in [0.05, 0.1) is 15.9 Å². The van der Waals surface area contributed by atoms with Gasteiger partial charge in [-0.1, -0.05) is 26.0 Å². The van der Waals surface area contributed by atoms with Crippen molar-refractivity contribution in [3.05, 3.63) is 78.4 Å². The predicted octanol–water partition coefficient (Wildman–Crippen LogP) is 5.15. The van der Waals surface area contributed by atoms with Gasteiger partial charge in [0.2, 0.25) is 10.0 Å². The first-order valence-corrected chi connectivity index (χ1v) is 13.2. The van der Waals surface area contributed by atoms with E-state index in [1.807, 2.05) is 48.5 Å². The number of aromatic amines is 1. The smallest absolute Gasteiger partial charge is 0.255 e. The average Bonchev–Trinajstić information content (AvgIpc) is 3.28. The third-order valence-electron chi connectivity index (χ3n) is 6.40. The number of H-pyrrole nitrogens is 1. The van der Waals surface area contributed by atoms with Crippen molar-refractivity contribution in [3.63, 3.8) is 0 Å². The second-order valence-corrected chi connectivity index (χ2v) is 11.4. The minimum absolute atomic E-state index is 0.213. The highest BCUT2D eigenvalue weighted by Crippen LogP contribution is 2.27. The summed E-state index contributed by atoms with van der Waals surface area (Å²) in [7, 11) is -3.58. The van der Waals surface area contributed by atoms with Crippen LogP contribution in [-0.4, -0.2) is 41.7 Å². The number of carbonyl (C=O) groups excluding carboxylic acids is 1. The standard InChI is InChI=1S/C27H28N4O3S/c1-18-15-19(2)17-31(16-18)35(33,34)23-13-9-21(10-14-23)27(32)28-22-11-7-20(8-12-22)26-29-24-5-3-4-6-25(24)30-26/h3-14,18-19H,15-17H2,1-2H3,(H,28,32)(H,29,30)/t18-,19-/m1/s1. The maximum atomic E-state index is 13.1. The van der Waals surface area contributed by atoms with E-state index in [0.29, 0.717) is 36.2 Å². The van der Waals surface area contributed by atoms with Gasteiger partial charge in [-0.3, -0.25) is 4.79 Å². The summed E-state index contributed by atoms with van der Waals surface area (Å²) in [5, 5.41) is 2.87. The molecule has 0 aliphatic carbocycles. The van der Waals surface area contributed by atoms with Crippen LogP contribution in [0.5, 0.6) is 0 Å². The zero-order valence-corrected chi connectivity index (χ0v) is 20.5. The molecule has 0 radical (unpaired) electrons. The number of anilines is 1. The minimum Gasteiger partial charge on any atom is -0.338 e. The summed E-state index contributed by atoms with van der Waals surface area (Å²) in [6, 6.07) is 21.4. The quantitative estimate of drug-likeness (QED) is 0.406. The van der Waals surface area contributed by atoms with Crippen LogP contribution in [0.15, 0.2) is 77.7 Å². The van der Waals surface area contributed by atoms with Crippen molar-refractivity contribution >= 4 is 32.7 Å². The summed E-state index contributed by atoms with van der Waals surface area (Å²) in [5.41, 5.74) is 3.81. The van der Waals surface area contributed by atoms with Gasteiger partial charge in [-0.2, -0.15) is 4.31 Å². The molecular weight excluding hydrogens is 460 g/mol. The molecule has 5 rings (SSSR count). The number of hydrogen-bond donors (Lipinski definition) is 2. The van der Waals surface area contributed by atoms with Gasteiger partial charge in [-0.05, 0) is 78.9 Å². The number of rotatable bonds is 5. The summed E-state index contributed by atoms with van der Waals surface area (Å²) >= 11 is 0. The van der Waals surface area contributed by atoms with Crippen LogP contribution in [0.3, 0.4) is 0 Å². The van der Waals surface area contributed by atoms with Gasteiger partial charge < -0.3 is 10.3 Å². The number of aromatic nitrogens is 2. The number of sulfonamides is 1. The molecule has 1 saturated heterocycles. The summed E-state index contributed by atoms with van der Waals surface area (Å²) < 4.78 is 27.7. The lowest BCUT2D eigenvalue weighted by Crippen LogP contribution is -2.42. The van der Waals surface area contributed by atoms with Crippen LogP contribution in [0.25, 0.3) is 22.4 Å². The van der Waals surface area contributed by atoms with Gasteiger partial charge in [0.15, 0.2) is 0 Å². The van der Waals surface area contributed by atoms with E-state index in [9.17, 15) is 13.2 Å². The van der Waals surface area contributed by atoms with Crippen molar-refractivity contribution in [2.45, 2.75) is 25.2 Å². The van der Waals surface area contributed by atoms with Gasteiger partial charge in [-0.15, -0.1) is 0 Å². The number of nitrogens with one attached hydrogen (secondary N) is 2. The van der Waals surface area contributed by atoms with Gasteiger partial charge in [-0.25, -0.2) is 13.4 Å². The molecule has 2 atom stereocenters. The zero-order chi connectivity index (χ0) is 24.6. The lowest BCUT2D eigenvalue weighted by atomic mass is 9.94. The molecule has 1 aromatic heterocycles. The Morgan fingerprint density at radius 3 is 2.26 bits per heavy atom. The molecule has 1 aliphatic heterocycles. The molecule has 1 amide bonds. The van der Waals surface area contributed by atoms with Crippen molar-refractivity contribution in [1.29, 1.82) is 0 Å². The highest BCUT2D eigenvalue weighted by atomic mass is 32.2. The molecule has 2 heterocycles. The molecule has 0 spiro atoms. The van der Waals surface area contributed by atoms with Crippen molar-refractivity contribution in [2.24, 2.45) is 11.8 Å². The van der Waals surface area contributed by atoms with Crippen molar-refractivity contribution in [1.82, 2.24) is 14.3 Å². The number of imidazole rings is 1. The highest BCUT2D eigenvalue weighted by molar-refractivity contribution is 7.89. The van der Waals surface area contributed by atoms with Crippen molar-refractivity contribution in [2.75, 3.05) is 18.4 Å². The SMILES string of the molecule is C[C@@H]1C[C@@H](C)CN(S(=O)(=O)c2ccc(C(=O)Nc3ccc(-c4nc5ccccc5[nH]4)cc3)cc2)C1. The monoisotopic (exact) mass is 488 g/mol. The molecule has 1 fully saturated rings. The lowest BCUT2D eigenvalue weighted by molar-refractivity contribution is 0.102. The molecule has 3 aromatic carbocycles. The molecule has 2 N–H and O–H groups in total. The predicted molar refractivity (Wildman–Crippen MR) is 138 cm³/mol. The van der Waals surface area contributed by atoms with E-state index in [4.69, 9.17) is 0 Å². The number of para-hydroxylation sites is 2. The number of amides is 1. The molecule has 1 aliphatic rings. The molecule has 180 valence electrons. The molecule has 0 unspecified atom stereocenters. The minimum atomic E-state index is -3.58. The van der Waals surface area contributed by atoms with Crippen molar-refractivity contribution in [3.8, 4) is 11.4 Å². The average molecular weight is 489 g/mol. The topological polar surface area (TPSA) is 95.2 Å². The summed E-state index contributed by atoms with van der Waals surface area (Å²) in [5.74, 6) is 1.12. The van der Waals surface area contributed by atoms with Crippen molar-refractivity contribution < 1.29 is 13.2 Å². The fraction of sp³-hybridized carbons (Fsp3) is 0.259. The second kappa shape index (κ2) is 9.28. The molecule has 35 heavy (non-hydrogen) atoms. The van der Waals surface area contributed by atoms with E-state index in [1.165, 1.54) is 12.1 Å². The number of carbonyl (C=O) groups is 1. The van der Waals surface area contributed by atoms with E-state index in [-0.39, 0.29) is 10.8 Å². The van der Waals surface area contributed by atoms with E-state index in [2.05, 4.69) is 29.1 Å². The molecule has 7 nitrogen and oxygen atoms in total. The van der Waals surface area contributed by atoms with Crippen LogP contribution < -0.4 is 5.32 Å². The number of nitrogens with zero attached hydrogens (tertiary/aromatic N) is 2. The highest BCUT2D eigenvalue weighted by Gasteiger charge is 2.31. The first-order valence-electron chi connectivity index (χ1n) is 11.8. The molecular formula is C27H28N4O3S. The maximum absolute atomic E-state index is 13.1. The van der Waals surface area contributed by atoms with Crippen LogP contribution in [-0.2, 0) is 10.0 Å². The molecule has 0 saturated carbocycles. The van der Waals surface area contributed by atoms with E-state index in [0.717, 1.165) is 28.8 Å². The summed E-state index contributed by atoms with van der Waals surface area (Å²) in [6.07, 6.45) is 1.03.